The van der Waals surface area contributed by atoms with Crippen LogP contribution >= 0.6 is 0 Å². The van der Waals surface area contributed by atoms with Gasteiger partial charge in [-0.2, -0.15) is 5.26 Å². The van der Waals surface area contributed by atoms with Gasteiger partial charge in [-0.15, -0.1) is 0 Å². The number of hydrogen-bond donors (Lipinski definition) is 0. The molecule has 1 aromatic rings. The van der Waals surface area contributed by atoms with Crippen LogP contribution in [-0.2, 0) is 0 Å². The molecule has 0 amide bonds. The highest BCUT2D eigenvalue weighted by atomic mass is 15.3. The lowest BCUT2D eigenvalue weighted by atomic mass is 9.75. The number of nitriles is 1. The summed E-state index contributed by atoms with van der Waals surface area (Å²) >= 11 is 0. The largest absolute Gasteiger partial charge is 0.357 e. The molecule has 5 nitrogen and oxygen atoms in total. The average Bonchev–Trinajstić information content (AvgIpc) is 2.33. The van der Waals surface area contributed by atoms with Crippen molar-refractivity contribution in [3.05, 3.63) is 18.1 Å². The second kappa shape index (κ2) is 4.91. The fourth-order valence-electron chi connectivity index (χ4n) is 2.43. The Bertz CT molecular complexity index is 441. The fourth-order valence-corrected chi connectivity index (χ4v) is 2.43. The predicted molar refractivity (Wildman–Crippen MR) is 70.3 cm³/mol. The summed E-state index contributed by atoms with van der Waals surface area (Å²) in [6.07, 6.45) is 6.95. The Morgan fingerprint density at radius 2 is 2.00 bits per heavy atom. The molecule has 0 saturated heterocycles. The van der Waals surface area contributed by atoms with E-state index in [9.17, 15) is 0 Å². The van der Waals surface area contributed by atoms with Crippen molar-refractivity contribution in [1.82, 2.24) is 14.9 Å². The minimum Gasteiger partial charge on any atom is -0.357 e. The molecule has 0 spiro atoms. The van der Waals surface area contributed by atoms with Crippen molar-refractivity contribution in [2.45, 2.75) is 24.8 Å². The maximum absolute atomic E-state index is 8.70. The molecule has 18 heavy (non-hydrogen) atoms. The van der Waals surface area contributed by atoms with Gasteiger partial charge < -0.3 is 9.80 Å². The maximum atomic E-state index is 8.70. The number of anilines is 1. The van der Waals surface area contributed by atoms with Crippen LogP contribution < -0.4 is 4.90 Å². The van der Waals surface area contributed by atoms with E-state index >= 15 is 0 Å². The molecule has 1 saturated carbocycles. The van der Waals surface area contributed by atoms with E-state index in [4.69, 9.17) is 5.26 Å². The van der Waals surface area contributed by atoms with E-state index in [0.717, 1.165) is 12.4 Å². The van der Waals surface area contributed by atoms with Gasteiger partial charge >= 0.3 is 0 Å². The van der Waals surface area contributed by atoms with Crippen LogP contribution in [0.2, 0.25) is 0 Å². The normalized spacial score (nSPS) is 17.1. The van der Waals surface area contributed by atoms with Gasteiger partial charge in [0.1, 0.15) is 11.9 Å². The minimum absolute atomic E-state index is 0.268. The van der Waals surface area contributed by atoms with Gasteiger partial charge in [-0.25, -0.2) is 9.97 Å². The van der Waals surface area contributed by atoms with Gasteiger partial charge in [0.2, 0.25) is 0 Å². The van der Waals surface area contributed by atoms with Crippen molar-refractivity contribution in [1.29, 1.82) is 5.26 Å². The Labute approximate surface area is 108 Å². The lowest BCUT2D eigenvalue weighted by Gasteiger charge is -2.49. The molecular formula is C13H19N5. The van der Waals surface area contributed by atoms with E-state index in [0.29, 0.717) is 5.69 Å². The monoisotopic (exact) mass is 245 g/mol. The molecule has 1 aliphatic rings. The van der Waals surface area contributed by atoms with Crippen LogP contribution in [0.4, 0.5) is 5.82 Å². The molecule has 1 fully saturated rings. The molecule has 0 atom stereocenters. The van der Waals surface area contributed by atoms with Gasteiger partial charge in [-0.3, -0.25) is 0 Å². The quantitative estimate of drug-likeness (QED) is 0.799. The molecular weight excluding hydrogens is 226 g/mol. The van der Waals surface area contributed by atoms with Crippen molar-refractivity contribution in [3.63, 3.8) is 0 Å². The summed E-state index contributed by atoms with van der Waals surface area (Å²) in [6, 6.07) is 1.98. The molecule has 96 valence electrons. The molecule has 1 heterocycles. The highest BCUT2D eigenvalue weighted by Crippen LogP contribution is 2.37. The molecule has 5 heteroatoms. The van der Waals surface area contributed by atoms with Crippen molar-refractivity contribution < 1.29 is 0 Å². The second-order valence-corrected chi connectivity index (χ2v) is 5.20. The Hall–Kier alpha value is -1.67. The molecule has 0 unspecified atom stereocenters. The fraction of sp³-hybridized carbons (Fsp3) is 0.615. The van der Waals surface area contributed by atoms with Crippen LogP contribution in [0.1, 0.15) is 25.0 Å². The predicted octanol–water partition coefficient (Wildman–Crippen LogP) is 1.27. The van der Waals surface area contributed by atoms with Gasteiger partial charge in [0.25, 0.3) is 0 Å². The first-order chi connectivity index (χ1) is 8.57. The van der Waals surface area contributed by atoms with Gasteiger partial charge in [0.15, 0.2) is 5.69 Å². The third kappa shape index (κ3) is 2.29. The van der Waals surface area contributed by atoms with Crippen molar-refractivity contribution in [3.8, 4) is 6.07 Å². The standard InChI is InChI=1S/C13H19N5/c1-17(2)13(5-4-6-13)10-18(3)12-9-15-11(7-14)8-16-12/h8-9H,4-6,10H2,1-3H3. The first-order valence-corrected chi connectivity index (χ1v) is 6.18. The highest BCUT2D eigenvalue weighted by molar-refractivity contribution is 5.37. The van der Waals surface area contributed by atoms with Crippen LogP contribution in [0, 0.1) is 11.3 Å². The summed E-state index contributed by atoms with van der Waals surface area (Å²) in [7, 11) is 6.30. The van der Waals surface area contributed by atoms with E-state index in [1.54, 1.807) is 6.20 Å². The van der Waals surface area contributed by atoms with E-state index < -0.39 is 0 Å². The maximum Gasteiger partial charge on any atom is 0.158 e. The number of rotatable bonds is 4. The average molecular weight is 245 g/mol. The summed E-state index contributed by atoms with van der Waals surface area (Å²) in [5.74, 6) is 0.821. The van der Waals surface area contributed by atoms with E-state index in [1.165, 1.54) is 25.5 Å². The summed E-state index contributed by atoms with van der Waals surface area (Å²) in [5.41, 5.74) is 0.628. The van der Waals surface area contributed by atoms with Crippen molar-refractivity contribution >= 4 is 5.82 Å². The van der Waals surface area contributed by atoms with Crippen molar-refractivity contribution in [2.24, 2.45) is 0 Å². The molecule has 1 aliphatic carbocycles. The van der Waals surface area contributed by atoms with E-state index in [2.05, 4.69) is 33.9 Å². The van der Waals surface area contributed by atoms with Crippen LogP contribution in [0.15, 0.2) is 12.4 Å². The van der Waals surface area contributed by atoms with Gasteiger partial charge in [0, 0.05) is 19.1 Å². The first-order valence-electron chi connectivity index (χ1n) is 6.18. The molecule has 2 rings (SSSR count). The number of nitrogens with zero attached hydrogens (tertiary/aromatic N) is 5. The third-order valence-corrected chi connectivity index (χ3v) is 3.91. The van der Waals surface area contributed by atoms with Gasteiger partial charge in [-0.05, 0) is 33.4 Å². The number of hydrogen-bond acceptors (Lipinski definition) is 5. The molecule has 0 aromatic carbocycles. The Kier molecular flexibility index (Phi) is 3.48. The zero-order chi connectivity index (χ0) is 13.2. The minimum atomic E-state index is 0.268. The summed E-state index contributed by atoms with van der Waals surface area (Å²) in [4.78, 5) is 12.8. The number of aromatic nitrogens is 2. The Morgan fingerprint density at radius 1 is 1.28 bits per heavy atom. The summed E-state index contributed by atoms with van der Waals surface area (Å²) in [5, 5.41) is 8.70. The second-order valence-electron chi connectivity index (χ2n) is 5.20. The lowest BCUT2D eigenvalue weighted by Crippen LogP contribution is -2.56. The zero-order valence-corrected chi connectivity index (χ0v) is 11.2. The smallest absolute Gasteiger partial charge is 0.158 e. The van der Waals surface area contributed by atoms with Crippen LogP contribution in [0.25, 0.3) is 0 Å². The molecule has 0 radical (unpaired) electrons. The lowest BCUT2D eigenvalue weighted by molar-refractivity contribution is 0.0681. The topological polar surface area (TPSA) is 56.0 Å². The molecule has 0 aliphatic heterocycles. The summed E-state index contributed by atoms with van der Waals surface area (Å²) < 4.78 is 0. The van der Waals surface area contributed by atoms with E-state index in [1.807, 2.05) is 13.1 Å². The SMILES string of the molecule is CN(CC1(N(C)C)CCC1)c1cnc(C#N)cn1. The third-order valence-electron chi connectivity index (χ3n) is 3.91. The van der Waals surface area contributed by atoms with Gasteiger partial charge in [-0.1, -0.05) is 0 Å². The Balaban J connectivity index is 2.07. The van der Waals surface area contributed by atoms with Crippen LogP contribution in [0.3, 0.4) is 0 Å². The van der Waals surface area contributed by atoms with Gasteiger partial charge in [0.05, 0.1) is 12.4 Å². The molecule has 0 N–H and O–H groups in total. The van der Waals surface area contributed by atoms with E-state index in [-0.39, 0.29) is 5.54 Å². The molecule has 0 bridgehead atoms. The molecule has 1 aromatic heterocycles. The first kappa shape index (κ1) is 12.8. The highest BCUT2D eigenvalue weighted by Gasteiger charge is 2.40. The Morgan fingerprint density at radius 3 is 2.39 bits per heavy atom. The van der Waals surface area contributed by atoms with Crippen molar-refractivity contribution in [2.75, 3.05) is 32.6 Å². The zero-order valence-electron chi connectivity index (χ0n) is 11.2. The summed E-state index contributed by atoms with van der Waals surface area (Å²) in [6.45, 7) is 0.945. The van der Waals surface area contributed by atoms with Crippen LogP contribution in [-0.4, -0.2) is 48.1 Å². The number of likely N-dealkylation sites (N-methyl/N-ethyl adjacent to an activating group) is 2. The van der Waals surface area contributed by atoms with Crippen LogP contribution in [0.5, 0.6) is 0 Å².